The first-order chi connectivity index (χ1) is 9.64. The van der Waals surface area contributed by atoms with Gasteiger partial charge in [-0.3, -0.25) is 0 Å². The predicted molar refractivity (Wildman–Crippen MR) is 88.4 cm³/mol. The van der Waals surface area contributed by atoms with Crippen molar-refractivity contribution < 1.29 is 0 Å². The van der Waals surface area contributed by atoms with E-state index in [2.05, 4.69) is 31.3 Å². The summed E-state index contributed by atoms with van der Waals surface area (Å²) in [5, 5.41) is 4.64. The lowest BCUT2D eigenvalue weighted by Gasteiger charge is -2.41. The van der Waals surface area contributed by atoms with E-state index in [1.807, 2.05) is 12.1 Å². The molecule has 0 radical (unpaired) electrons. The Kier molecular flexibility index (Phi) is 5.92. The fourth-order valence-electron chi connectivity index (χ4n) is 3.45. The molecule has 0 heterocycles. The Morgan fingerprint density at radius 3 is 2.40 bits per heavy atom. The van der Waals surface area contributed by atoms with E-state index in [0.717, 1.165) is 18.0 Å². The van der Waals surface area contributed by atoms with Crippen LogP contribution in [0.1, 0.15) is 57.9 Å². The number of hydrogen-bond acceptors (Lipinski definition) is 1. The molecular formula is C18H28ClN. The van der Waals surface area contributed by atoms with Crippen molar-refractivity contribution >= 4 is 11.6 Å². The fraction of sp³-hybridized carbons (Fsp3) is 0.667. The monoisotopic (exact) mass is 293 g/mol. The molecule has 1 aromatic carbocycles. The maximum absolute atomic E-state index is 5.99. The van der Waals surface area contributed by atoms with Crippen molar-refractivity contribution in [3.8, 4) is 0 Å². The van der Waals surface area contributed by atoms with Gasteiger partial charge in [0.25, 0.3) is 0 Å². The van der Waals surface area contributed by atoms with Gasteiger partial charge in [-0.1, -0.05) is 56.8 Å². The molecule has 0 aromatic heterocycles. The zero-order valence-corrected chi connectivity index (χ0v) is 13.7. The number of benzene rings is 1. The molecule has 1 N–H and O–H groups in total. The average Bonchev–Trinajstić information content (AvgIpc) is 2.46. The van der Waals surface area contributed by atoms with E-state index in [1.54, 1.807) is 0 Å². The van der Waals surface area contributed by atoms with Crippen molar-refractivity contribution in [2.75, 3.05) is 6.54 Å². The van der Waals surface area contributed by atoms with E-state index in [1.165, 1.54) is 44.1 Å². The van der Waals surface area contributed by atoms with Crippen LogP contribution in [0, 0.1) is 5.41 Å². The Bertz CT molecular complexity index is 392. The quantitative estimate of drug-likeness (QED) is 0.758. The first-order valence-electron chi connectivity index (χ1n) is 8.12. The summed E-state index contributed by atoms with van der Waals surface area (Å²) in [5.41, 5.74) is 1.85. The summed E-state index contributed by atoms with van der Waals surface area (Å²) in [6, 6.07) is 8.96. The highest BCUT2D eigenvalue weighted by Crippen LogP contribution is 2.40. The number of hydrogen-bond donors (Lipinski definition) is 1. The van der Waals surface area contributed by atoms with Crippen LogP contribution >= 0.6 is 11.6 Å². The van der Waals surface area contributed by atoms with Crippen LogP contribution in [-0.4, -0.2) is 12.6 Å². The molecule has 1 aliphatic carbocycles. The van der Waals surface area contributed by atoms with Crippen molar-refractivity contribution in [3.05, 3.63) is 34.9 Å². The second-order valence-corrected chi connectivity index (χ2v) is 6.99. The minimum absolute atomic E-state index is 0.451. The number of halogens is 1. The lowest BCUT2D eigenvalue weighted by Crippen LogP contribution is -2.46. The zero-order valence-electron chi connectivity index (χ0n) is 12.9. The second kappa shape index (κ2) is 7.47. The van der Waals surface area contributed by atoms with Gasteiger partial charge in [0.1, 0.15) is 0 Å². The molecule has 1 nitrogen and oxygen atoms in total. The highest BCUT2D eigenvalue weighted by molar-refractivity contribution is 6.30. The van der Waals surface area contributed by atoms with E-state index < -0.39 is 0 Å². The van der Waals surface area contributed by atoms with Crippen LogP contribution < -0.4 is 5.32 Å². The molecule has 1 aliphatic rings. The molecule has 20 heavy (non-hydrogen) atoms. The Labute approximate surface area is 129 Å². The van der Waals surface area contributed by atoms with E-state index in [9.17, 15) is 0 Å². The molecule has 1 fully saturated rings. The van der Waals surface area contributed by atoms with Crippen LogP contribution in [0.5, 0.6) is 0 Å². The molecular weight excluding hydrogens is 266 g/mol. The molecule has 0 bridgehead atoms. The SMILES string of the molecule is CCCNC(Cc1ccc(Cl)cc1)C1(C)CCCCC1. The van der Waals surface area contributed by atoms with Crippen LogP contribution in [0.3, 0.4) is 0 Å². The molecule has 1 aromatic rings. The first kappa shape index (κ1) is 15.9. The van der Waals surface area contributed by atoms with Gasteiger partial charge in [-0.2, -0.15) is 0 Å². The third kappa shape index (κ3) is 4.23. The van der Waals surface area contributed by atoms with Crippen molar-refractivity contribution in [2.24, 2.45) is 5.41 Å². The Morgan fingerprint density at radius 1 is 1.15 bits per heavy atom. The average molecular weight is 294 g/mol. The van der Waals surface area contributed by atoms with Crippen molar-refractivity contribution in [2.45, 2.75) is 64.8 Å². The smallest absolute Gasteiger partial charge is 0.0406 e. The molecule has 112 valence electrons. The number of nitrogens with one attached hydrogen (secondary N) is 1. The van der Waals surface area contributed by atoms with Gasteiger partial charge in [0.05, 0.1) is 0 Å². The van der Waals surface area contributed by atoms with E-state index in [4.69, 9.17) is 11.6 Å². The first-order valence-corrected chi connectivity index (χ1v) is 8.50. The zero-order chi connectivity index (χ0) is 14.4. The minimum Gasteiger partial charge on any atom is -0.313 e. The Morgan fingerprint density at radius 2 is 1.80 bits per heavy atom. The van der Waals surface area contributed by atoms with Gasteiger partial charge in [-0.15, -0.1) is 0 Å². The normalized spacial score (nSPS) is 19.8. The predicted octanol–water partition coefficient (Wildman–Crippen LogP) is 5.22. The lowest BCUT2D eigenvalue weighted by atomic mass is 9.69. The Hall–Kier alpha value is -0.530. The van der Waals surface area contributed by atoms with Gasteiger partial charge in [-0.05, 0) is 55.3 Å². The van der Waals surface area contributed by atoms with Crippen LogP contribution in [0.2, 0.25) is 5.02 Å². The van der Waals surface area contributed by atoms with Crippen molar-refractivity contribution in [1.29, 1.82) is 0 Å². The lowest BCUT2D eigenvalue weighted by molar-refractivity contribution is 0.143. The summed E-state index contributed by atoms with van der Waals surface area (Å²) in [6.45, 7) is 5.85. The molecule has 1 saturated carbocycles. The molecule has 1 unspecified atom stereocenters. The largest absolute Gasteiger partial charge is 0.313 e. The van der Waals surface area contributed by atoms with E-state index in [0.29, 0.717) is 11.5 Å². The third-order valence-corrected chi connectivity index (χ3v) is 5.08. The fourth-order valence-corrected chi connectivity index (χ4v) is 3.57. The third-order valence-electron chi connectivity index (χ3n) is 4.83. The van der Waals surface area contributed by atoms with Gasteiger partial charge < -0.3 is 5.32 Å². The van der Waals surface area contributed by atoms with Gasteiger partial charge in [0, 0.05) is 11.1 Å². The molecule has 0 spiro atoms. The summed E-state index contributed by atoms with van der Waals surface area (Å²) >= 11 is 5.99. The highest BCUT2D eigenvalue weighted by atomic mass is 35.5. The van der Waals surface area contributed by atoms with Crippen LogP contribution in [-0.2, 0) is 6.42 Å². The summed E-state index contributed by atoms with van der Waals surface area (Å²) in [6.07, 6.45) is 9.24. The van der Waals surface area contributed by atoms with E-state index in [-0.39, 0.29) is 0 Å². The molecule has 2 rings (SSSR count). The molecule has 1 atom stereocenters. The van der Waals surface area contributed by atoms with Crippen LogP contribution in [0.4, 0.5) is 0 Å². The van der Waals surface area contributed by atoms with Crippen LogP contribution in [0.25, 0.3) is 0 Å². The minimum atomic E-state index is 0.451. The second-order valence-electron chi connectivity index (χ2n) is 6.55. The van der Waals surface area contributed by atoms with E-state index >= 15 is 0 Å². The van der Waals surface area contributed by atoms with Crippen LogP contribution in [0.15, 0.2) is 24.3 Å². The van der Waals surface area contributed by atoms with Crippen molar-refractivity contribution in [1.82, 2.24) is 5.32 Å². The molecule has 0 saturated heterocycles. The summed E-state index contributed by atoms with van der Waals surface area (Å²) in [5.74, 6) is 0. The summed E-state index contributed by atoms with van der Waals surface area (Å²) < 4.78 is 0. The maximum Gasteiger partial charge on any atom is 0.0406 e. The van der Waals surface area contributed by atoms with Gasteiger partial charge in [0.15, 0.2) is 0 Å². The van der Waals surface area contributed by atoms with Gasteiger partial charge >= 0.3 is 0 Å². The maximum atomic E-state index is 5.99. The molecule has 2 heteroatoms. The summed E-state index contributed by atoms with van der Waals surface area (Å²) in [4.78, 5) is 0. The Balaban J connectivity index is 2.07. The van der Waals surface area contributed by atoms with Gasteiger partial charge in [-0.25, -0.2) is 0 Å². The molecule has 0 aliphatic heterocycles. The summed E-state index contributed by atoms with van der Waals surface area (Å²) in [7, 11) is 0. The highest BCUT2D eigenvalue weighted by Gasteiger charge is 2.34. The number of rotatable bonds is 6. The van der Waals surface area contributed by atoms with Crippen molar-refractivity contribution in [3.63, 3.8) is 0 Å². The topological polar surface area (TPSA) is 12.0 Å². The molecule has 0 amide bonds. The standard InChI is InChI=1S/C18H28ClN/c1-3-13-20-17(18(2)11-5-4-6-12-18)14-15-7-9-16(19)10-8-15/h7-10,17,20H,3-6,11-14H2,1-2H3. The van der Waals surface area contributed by atoms with Gasteiger partial charge in [0.2, 0.25) is 0 Å².